The predicted molar refractivity (Wildman–Crippen MR) is 78.9 cm³/mol. The van der Waals surface area contributed by atoms with Gasteiger partial charge in [-0.25, -0.2) is 0 Å². The highest BCUT2D eigenvalue weighted by Gasteiger charge is 2.37. The molecule has 2 nitrogen and oxygen atoms in total. The molecule has 2 heteroatoms. The highest BCUT2D eigenvalue weighted by atomic mass is 15.2. The highest BCUT2D eigenvalue weighted by molar-refractivity contribution is 4.97. The molecule has 2 rings (SSSR count). The van der Waals surface area contributed by atoms with E-state index >= 15 is 0 Å². The molecule has 1 heterocycles. The van der Waals surface area contributed by atoms with Crippen LogP contribution in [0, 0.1) is 11.3 Å². The molecule has 1 aliphatic carbocycles. The molecular weight excluding hydrogens is 220 g/mol. The fourth-order valence-electron chi connectivity index (χ4n) is 3.42. The second-order valence-electron chi connectivity index (χ2n) is 7.77. The summed E-state index contributed by atoms with van der Waals surface area (Å²) in [6.45, 7) is 14.6. The Balaban J connectivity index is 1.95. The normalized spacial score (nSPS) is 27.3. The summed E-state index contributed by atoms with van der Waals surface area (Å²) in [6.07, 6.45) is 6.96. The Morgan fingerprint density at radius 1 is 1.17 bits per heavy atom. The topological polar surface area (TPSA) is 15.3 Å². The number of rotatable bonds is 2. The summed E-state index contributed by atoms with van der Waals surface area (Å²) >= 11 is 0. The number of nitrogens with one attached hydrogen (secondary N) is 1. The number of nitrogens with zero attached hydrogens (tertiary/aromatic N) is 1. The largest absolute Gasteiger partial charge is 0.310 e. The summed E-state index contributed by atoms with van der Waals surface area (Å²) in [4.78, 5) is 2.74. The molecule has 1 unspecified atom stereocenters. The van der Waals surface area contributed by atoms with Crippen LogP contribution in [-0.2, 0) is 0 Å². The minimum absolute atomic E-state index is 0.433. The lowest BCUT2D eigenvalue weighted by Gasteiger charge is -2.37. The Morgan fingerprint density at radius 2 is 1.83 bits per heavy atom. The third-order valence-electron chi connectivity index (χ3n) is 5.25. The second kappa shape index (κ2) is 5.50. The van der Waals surface area contributed by atoms with Gasteiger partial charge >= 0.3 is 0 Å². The van der Waals surface area contributed by atoms with Crippen LogP contribution in [0.15, 0.2) is 0 Å². The van der Waals surface area contributed by atoms with E-state index in [1.54, 1.807) is 0 Å². The van der Waals surface area contributed by atoms with Gasteiger partial charge in [-0.2, -0.15) is 0 Å². The van der Waals surface area contributed by atoms with Gasteiger partial charge in [0.1, 0.15) is 0 Å². The molecule has 1 aliphatic heterocycles. The van der Waals surface area contributed by atoms with Crippen LogP contribution >= 0.6 is 0 Å². The van der Waals surface area contributed by atoms with Gasteiger partial charge in [0.25, 0.3) is 0 Å². The molecule has 1 atom stereocenters. The van der Waals surface area contributed by atoms with Crippen LogP contribution in [0.5, 0.6) is 0 Å². The standard InChI is InChI=1S/C16H32N2/c1-14(15(2,3)4)12-18-11-7-10-17-16(13-18)8-5-6-9-16/h14,17H,5-13H2,1-4H3. The molecule has 0 radical (unpaired) electrons. The number of hydrogen-bond acceptors (Lipinski definition) is 2. The first-order valence-electron chi connectivity index (χ1n) is 7.89. The van der Waals surface area contributed by atoms with Crippen LogP contribution in [-0.4, -0.2) is 36.6 Å². The molecule has 1 saturated carbocycles. The molecule has 0 bridgehead atoms. The maximum atomic E-state index is 3.86. The van der Waals surface area contributed by atoms with Gasteiger partial charge in [-0.3, -0.25) is 0 Å². The summed E-state index contributed by atoms with van der Waals surface area (Å²) in [5.74, 6) is 0.772. The summed E-state index contributed by atoms with van der Waals surface area (Å²) in [6, 6.07) is 0. The van der Waals surface area contributed by atoms with Crippen molar-refractivity contribution in [2.45, 2.75) is 65.3 Å². The van der Waals surface area contributed by atoms with Gasteiger partial charge in [0.15, 0.2) is 0 Å². The van der Waals surface area contributed by atoms with Crippen molar-refractivity contribution in [3.63, 3.8) is 0 Å². The average molecular weight is 252 g/mol. The van der Waals surface area contributed by atoms with Gasteiger partial charge in [0, 0.05) is 18.6 Å². The van der Waals surface area contributed by atoms with E-state index in [4.69, 9.17) is 0 Å². The van der Waals surface area contributed by atoms with E-state index in [1.165, 1.54) is 58.3 Å². The highest BCUT2D eigenvalue weighted by Crippen LogP contribution is 2.33. The van der Waals surface area contributed by atoms with Crippen molar-refractivity contribution < 1.29 is 0 Å². The SMILES string of the molecule is CC(CN1CCCNC2(CCCC2)C1)C(C)(C)C. The summed E-state index contributed by atoms with van der Waals surface area (Å²) in [5.41, 5.74) is 0.899. The molecule has 0 aromatic rings. The summed E-state index contributed by atoms with van der Waals surface area (Å²) < 4.78 is 0. The van der Waals surface area contributed by atoms with Crippen molar-refractivity contribution in [3.8, 4) is 0 Å². The summed E-state index contributed by atoms with van der Waals surface area (Å²) in [5, 5.41) is 3.86. The van der Waals surface area contributed by atoms with Crippen LogP contribution in [0.25, 0.3) is 0 Å². The van der Waals surface area contributed by atoms with E-state index in [0.717, 1.165) is 5.92 Å². The van der Waals surface area contributed by atoms with E-state index in [1.807, 2.05) is 0 Å². The smallest absolute Gasteiger partial charge is 0.0308 e. The zero-order valence-electron chi connectivity index (χ0n) is 12.9. The first kappa shape index (κ1) is 14.3. The van der Waals surface area contributed by atoms with Gasteiger partial charge in [-0.05, 0) is 43.7 Å². The van der Waals surface area contributed by atoms with Crippen molar-refractivity contribution in [1.82, 2.24) is 10.2 Å². The zero-order chi connectivity index (χ0) is 13.2. The average Bonchev–Trinajstić information content (AvgIpc) is 2.61. The van der Waals surface area contributed by atoms with Crippen molar-refractivity contribution in [2.24, 2.45) is 11.3 Å². The quantitative estimate of drug-likeness (QED) is 0.811. The zero-order valence-corrected chi connectivity index (χ0v) is 12.9. The minimum atomic E-state index is 0.433. The first-order valence-corrected chi connectivity index (χ1v) is 7.89. The lowest BCUT2D eigenvalue weighted by atomic mass is 9.81. The Morgan fingerprint density at radius 3 is 2.44 bits per heavy atom. The van der Waals surface area contributed by atoms with Crippen LogP contribution in [0.4, 0.5) is 0 Å². The lowest BCUT2D eigenvalue weighted by molar-refractivity contribution is 0.139. The Labute approximate surface area is 114 Å². The maximum absolute atomic E-state index is 3.86. The second-order valence-corrected chi connectivity index (χ2v) is 7.77. The predicted octanol–water partition coefficient (Wildman–Crippen LogP) is 3.28. The van der Waals surface area contributed by atoms with Crippen LogP contribution < -0.4 is 5.32 Å². The van der Waals surface area contributed by atoms with Crippen molar-refractivity contribution >= 4 is 0 Å². The molecular formula is C16H32N2. The van der Waals surface area contributed by atoms with E-state index in [-0.39, 0.29) is 0 Å². The van der Waals surface area contributed by atoms with Crippen molar-refractivity contribution in [3.05, 3.63) is 0 Å². The molecule has 1 spiro atoms. The van der Waals surface area contributed by atoms with E-state index in [9.17, 15) is 0 Å². The molecule has 2 aliphatic rings. The third-order valence-corrected chi connectivity index (χ3v) is 5.25. The monoisotopic (exact) mass is 252 g/mol. The fourth-order valence-corrected chi connectivity index (χ4v) is 3.42. The van der Waals surface area contributed by atoms with Crippen molar-refractivity contribution in [2.75, 3.05) is 26.2 Å². The Bertz CT molecular complexity index is 261. The van der Waals surface area contributed by atoms with Gasteiger partial charge in [0.2, 0.25) is 0 Å². The van der Waals surface area contributed by atoms with Gasteiger partial charge < -0.3 is 10.2 Å². The van der Waals surface area contributed by atoms with E-state index in [2.05, 4.69) is 37.9 Å². The van der Waals surface area contributed by atoms with Crippen LogP contribution in [0.3, 0.4) is 0 Å². The molecule has 0 amide bonds. The lowest BCUT2D eigenvalue weighted by Crippen LogP contribution is -2.50. The van der Waals surface area contributed by atoms with Crippen LogP contribution in [0.2, 0.25) is 0 Å². The van der Waals surface area contributed by atoms with Gasteiger partial charge in [-0.1, -0.05) is 40.5 Å². The van der Waals surface area contributed by atoms with Crippen LogP contribution in [0.1, 0.15) is 59.8 Å². The Hall–Kier alpha value is -0.0800. The fraction of sp³-hybridized carbons (Fsp3) is 1.00. The Kier molecular flexibility index (Phi) is 4.38. The molecule has 2 fully saturated rings. The molecule has 106 valence electrons. The maximum Gasteiger partial charge on any atom is 0.0308 e. The van der Waals surface area contributed by atoms with E-state index < -0.39 is 0 Å². The van der Waals surface area contributed by atoms with Crippen molar-refractivity contribution in [1.29, 1.82) is 0 Å². The van der Waals surface area contributed by atoms with Gasteiger partial charge in [0.05, 0.1) is 0 Å². The molecule has 0 aromatic carbocycles. The van der Waals surface area contributed by atoms with E-state index in [0.29, 0.717) is 11.0 Å². The van der Waals surface area contributed by atoms with Gasteiger partial charge in [-0.15, -0.1) is 0 Å². The molecule has 18 heavy (non-hydrogen) atoms. The summed E-state index contributed by atoms with van der Waals surface area (Å²) in [7, 11) is 0. The third kappa shape index (κ3) is 3.48. The first-order chi connectivity index (χ1) is 8.41. The number of hydrogen-bond donors (Lipinski definition) is 1. The molecule has 1 N–H and O–H groups in total. The minimum Gasteiger partial charge on any atom is -0.310 e. The molecule has 1 saturated heterocycles. The molecule has 0 aromatic heterocycles.